The summed E-state index contributed by atoms with van der Waals surface area (Å²) in [4.78, 5) is 17.5. The predicted molar refractivity (Wildman–Crippen MR) is 77.4 cm³/mol. The number of benzene rings is 1. The lowest BCUT2D eigenvalue weighted by molar-refractivity contribution is 0.0936. The zero-order valence-corrected chi connectivity index (χ0v) is 12.3. The van der Waals surface area contributed by atoms with E-state index >= 15 is 0 Å². The third-order valence-corrected chi connectivity index (χ3v) is 3.92. The van der Waals surface area contributed by atoms with Crippen molar-refractivity contribution in [1.29, 1.82) is 0 Å². The number of nitrogens with one attached hydrogen (secondary N) is 1. The molecule has 1 aromatic carbocycles. The van der Waals surface area contributed by atoms with E-state index < -0.39 is 0 Å². The van der Waals surface area contributed by atoms with Gasteiger partial charge in [-0.05, 0) is 26.0 Å². The highest BCUT2D eigenvalue weighted by Gasteiger charge is 2.18. The Morgan fingerprint density at radius 2 is 2.25 bits per heavy atom. The number of ether oxygens (including phenoxy) is 1. The summed E-state index contributed by atoms with van der Waals surface area (Å²) in [6.07, 6.45) is 1.77. The molecule has 0 aliphatic heterocycles. The number of carbonyl (C=O) groups excluding carboxylic acids is 1. The molecule has 0 bridgehead atoms. The second-order valence-corrected chi connectivity index (χ2v) is 5.63. The van der Waals surface area contributed by atoms with Gasteiger partial charge in [-0.1, -0.05) is 6.07 Å². The van der Waals surface area contributed by atoms with Crippen LogP contribution in [0.25, 0.3) is 0 Å². The number of para-hydroxylation sites is 1. The maximum atomic E-state index is 12.2. The fraction of sp³-hybridized carbons (Fsp3) is 0.286. The van der Waals surface area contributed by atoms with Crippen LogP contribution in [0.1, 0.15) is 33.2 Å². The molecule has 0 saturated carbocycles. The first-order chi connectivity index (χ1) is 9.52. The van der Waals surface area contributed by atoms with Crippen molar-refractivity contribution in [1.82, 2.24) is 10.3 Å². The maximum absolute atomic E-state index is 12.2. The Hall–Kier alpha value is -2.08. The lowest BCUT2D eigenvalue weighted by Crippen LogP contribution is -2.26. The van der Waals surface area contributed by atoms with Crippen LogP contribution in [0.15, 0.2) is 24.4 Å². The third-order valence-electron chi connectivity index (χ3n) is 2.82. The number of aryl methyl sites for hydroxylation is 1. The minimum absolute atomic E-state index is 0.157. The lowest BCUT2D eigenvalue weighted by atomic mass is 10.1. The van der Waals surface area contributed by atoms with E-state index in [0.717, 1.165) is 9.88 Å². The monoisotopic (exact) mass is 292 g/mol. The van der Waals surface area contributed by atoms with Gasteiger partial charge in [0.1, 0.15) is 5.01 Å². The minimum Gasteiger partial charge on any atom is -0.504 e. The van der Waals surface area contributed by atoms with Crippen LogP contribution < -0.4 is 10.1 Å². The molecule has 1 atom stereocenters. The highest BCUT2D eigenvalue weighted by molar-refractivity contribution is 7.11. The van der Waals surface area contributed by atoms with Gasteiger partial charge in [-0.3, -0.25) is 4.79 Å². The summed E-state index contributed by atoms with van der Waals surface area (Å²) in [5.74, 6) is -0.243. The number of rotatable bonds is 4. The largest absolute Gasteiger partial charge is 0.504 e. The number of amides is 1. The Balaban J connectivity index is 2.16. The quantitative estimate of drug-likeness (QED) is 0.908. The molecule has 0 saturated heterocycles. The number of phenols is 1. The first-order valence-electron chi connectivity index (χ1n) is 6.12. The van der Waals surface area contributed by atoms with E-state index in [4.69, 9.17) is 4.74 Å². The van der Waals surface area contributed by atoms with Crippen molar-refractivity contribution in [3.05, 3.63) is 39.8 Å². The Labute approximate surface area is 121 Å². The van der Waals surface area contributed by atoms with Crippen LogP contribution in [-0.4, -0.2) is 23.1 Å². The summed E-state index contributed by atoms with van der Waals surface area (Å²) in [6, 6.07) is 4.59. The summed E-state index contributed by atoms with van der Waals surface area (Å²) < 4.78 is 4.99. The molecular formula is C14H16N2O3S. The smallest absolute Gasteiger partial charge is 0.255 e. The molecule has 0 radical (unpaired) electrons. The van der Waals surface area contributed by atoms with Crippen molar-refractivity contribution in [2.24, 2.45) is 0 Å². The van der Waals surface area contributed by atoms with Crippen LogP contribution in [-0.2, 0) is 0 Å². The molecule has 5 nitrogen and oxygen atoms in total. The highest BCUT2D eigenvalue weighted by atomic mass is 32.1. The van der Waals surface area contributed by atoms with Crippen molar-refractivity contribution >= 4 is 17.2 Å². The number of aromatic hydroxyl groups is 1. The number of thiazole rings is 1. The summed E-state index contributed by atoms with van der Waals surface area (Å²) >= 11 is 1.53. The topological polar surface area (TPSA) is 71.5 Å². The Bertz CT molecular complexity index is 625. The molecule has 1 heterocycles. The third kappa shape index (κ3) is 2.91. The summed E-state index contributed by atoms with van der Waals surface area (Å²) in [6.45, 7) is 3.82. The number of methoxy groups -OCH3 is 1. The van der Waals surface area contributed by atoms with Crippen LogP contribution in [0.4, 0.5) is 0 Å². The van der Waals surface area contributed by atoms with Crippen LogP contribution in [0.2, 0.25) is 0 Å². The summed E-state index contributed by atoms with van der Waals surface area (Å²) in [7, 11) is 1.44. The van der Waals surface area contributed by atoms with Crippen LogP contribution in [0, 0.1) is 6.92 Å². The van der Waals surface area contributed by atoms with Crippen LogP contribution in [0.5, 0.6) is 11.5 Å². The van der Waals surface area contributed by atoms with Crippen molar-refractivity contribution in [2.75, 3.05) is 7.11 Å². The molecule has 2 N–H and O–H groups in total. The molecular weight excluding hydrogens is 276 g/mol. The zero-order chi connectivity index (χ0) is 14.7. The van der Waals surface area contributed by atoms with E-state index in [1.165, 1.54) is 18.4 Å². The number of aromatic nitrogens is 1. The van der Waals surface area contributed by atoms with Crippen molar-refractivity contribution in [3.63, 3.8) is 0 Å². The van der Waals surface area contributed by atoms with Gasteiger partial charge in [0, 0.05) is 11.1 Å². The molecule has 0 aliphatic carbocycles. The predicted octanol–water partition coefficient (Wildman–Crippen LogP) is 2.66. The summed E-state index contributed by atoms with van der Waals surface area (Å²) in [5.41, 5.74) is 0.185. The van der Waals surface area contributed by atoms with Crippen molar-refractivity contribution < 1.29 is 14.6 Å². The van der Waals surface area contributed by atoms with Gasteiger partial charge >= 0.3 is 0 Å². The molecule has 1 amide bonds. The molecule has 2 aromatic rings. The van der Waals surface area contributed by atoms with Gasteiger partial charge in [0.15, 0.2) is 11.5 Å². The van der Waals surface area contributed by atoms with Gasteiger partial charge < -0.3 is 15.2 Å². The standard InChI is InChI=1S/C14H16N2O3S/c1-8-7-15-14(20-8)9(2)16-13(18)10-5-4-6-11(19-3)12(10)17/h4-7,9,17H,1-3H3,(H,16,18). The fourth-order valence-electron chi connectivity index (χ4n) is 1.78. The second kappa shape index (κ2) is 5.92. The molecule has 6 heteroatoms. The number of hydrogen-bond acceptors (Lipinski definition) is 5. The van der Waals surface area contributed by atoms with Gasteiger partial charge in [-0.2, -0.15) is 0 Å². The van der Waals surface area contributed by atoms with Crippen LogP contribution in [0.3, 0.4) is 0 Å². The Kier molecular flexibility index (Phi) is 4.24. The number of nitrogens with zero attached hydrogens (tertiary/aromatic N) is 1. The molecule has 2 rings (SSSR count). The molecule has 0 fully saturated rings. The summed E-state index contributed by atoms with van der Waals surface area (Å²) in [5, 5.41) is 13.6. The van der Waals surface area contributed by atoms with Crippen molar-refractivity contribution in [3.8, 4) is 11.5 Å². The van der Waals surface area contributed by atoms with Crippen molar-refractivity contribution in [2.45, 2.75) is 19.9 Å². The Morgan fingerprint density at radius 1 is 1.50 bits per heavy atom. The number of carbonyl (C=O) groups is 1. The normalized spacial score (nSPS) is 11.9. The van der Waals surface area contributed by atoms with E-state index in [2.05, 4.69) is 10.3 Å². The molecule has 106 valence electrons. The van der Waals surface area contributed by atoms with Gasteiger partial charge in [-0.15, -0.1) is 11.3 Å². The SMILES string of the molecule is COc1cccc(C(=O)NC(C)c2ncc(C)s2)c1O. The minimum atomic E-state index is -0.359. The average Bonchev–Trinajstić information content (AvgIpc) is 2.85. The van der Waals surface area contributed by atoms with E-state index in [9.17, 15) is 9.90 Å². The molecule has 20 heavy (non-hydrogen) atoms. The molecule has 0 spiro atoms. The average molecular weight is 292 g/mol. The Morgan fingerprint density at radius 3 is 2.85 bits per heavy atom. The number of phenolic OH excluding ortho intramolecular Hbond substituents is 1. The van der Waals surface area contributed by atoms with Gasteiger partial charge in [0.2, 0.25) is 0 Å². The fourth-order valence-corrected chi connectivity index (χ4v) is 2.56. The second-order valence-electron chi connectivity index (χ2n) is 4.36. The van der Waals surface area contributed by atoms with Gasteiger partial charge in [0.05, 0.1) is 18.7 Å². The van der Waals surface area contributed by atoms with E-state index in [-0.39, 0.29) is 29.0 Å². The maximum Gasteiger partial charge on any atom is 0.255 e. The molecule has 1 unspecified atom stereocenters. The lowest BCUT2D eigenvalue weighted by Gasteiger charge is -2.13. The van der Waals surface area contributed by atoms with E-state index in [1.54, 1.807) is 24.4 Å². The first kappa shape index (κ1) is 14.3. The first-order valence-corrected chi connectivity index (χ1v) is 6.93. The van der Waals surface area contributed by atoms with Gasteiger partial charge in [0.25, 0.3) is 5.91 Å². The number of hydrogen-bond donors (Lipinski definition) is 2. The highest BCUT2D eigenvalue weighted by Crippen LogP contribution is 2.29. The van der Waals surface area contributed by atoms with Crippen LogP contribution >= 0.6 is 11.3 Å². The van der Waals surface area contributed by atoms with E-state index in [0.29, 0.717) is 0 Å². The molecule has 0 aliphatic rings. The zero-order valence-electron chi connectivity index (χ0n) is 11.5. The molecule has 1 aromatic heterocycles. The van der Waals surface area contributed by atoms with Gasteiger partial charge in [-0.25, -0.2) is 4.98 Å². The van der Waals surface area contributed by atoms with E-state index in [1.807, 2.05) is 13.8 Å².